The molecule has 4 amide bonds. The van der Waals surface area contributed by atoms with Crippen molar-refractivity contribution in [3.63, 3.8) is 0 Å². The maximum Gasteiger partial charge on any atom is 0.307 e. The summed E-state index contributed by atoms with van der Waals surface area (Å²) in [7, 11) is 3.02. The second-order valence-electron chi connectivity index (χ2n) is 12.9. The van der Waals surface area contributed by atoms with Gasteiger partial charge in [0.25, 0.3) is 0 Å². The first kappa shape index (κ1) is 36.9. The number of rotatable bonds is 10. The monoisotopic (exact) mass is 676 g/mol. The van der Waals surface area contributed by atoms with Crippen LogP contribution in [-0.4, -0.2) is 82.9 Å². The van der Waals surface area contributed by atoms with Crippen LogP contribution in [0.1, 0.15) is 66.2 Å². The highest BCUT2D eigenvalue weighted by atomic mass is 32.1. The molecule has 4 rings (SSSR count). The predicted octanol–water partition coefficient (Wildman–Crippen LogP) is 2.80. The highest BCUT2D eigenvalue weighted by Gasteiger charge is 2.59. The number of hydrogen-bond acceptors (Lipinski definition) is 10. The Labute approximate surface area is 280 Å². The molecule has 0 radical (unpaired) electrons. The van der Waals surface area contributed by atoms with Crippen molar-refractivity contribution in [2.75, 3.05) is 27.3 Å². The zero-order valence-electron chi connectivity index (χ0n) is 27.3. The van der Waals surface area contributed by atoms with Crippen LogP contribution in [0.5, 0.6) is 0 Å². The fourth-order valence-corrected chi connectivity index (χ4v) is 6.30. The summed E-state index contributed by atoms with van der Waals surface area (Å²) in [6, 6.07) is 0. The maximum atomic E-state index is 12.9. The first-order chi connectivity index (χ1) is 21.6. The van der Waals surface area contributed by atoms with Gasteiger partial charge in [-0.1, -0.05) is 52.0 Å². The van der Waals surface area contributed by atoms with Crippen LogP contribution in [0.25, 0.3) is 0 Å². The molecule has 0 saturated carbocycles. The van der Waals surface area contributed by atoms with Crippen LogP contribution in [0.3, 0.4) is 0 Å². The summed E-state index contributed by atoms with van der Waals surface area (Å²) in [6.07, 6.45) is 9.86. The minimum Gasteiger partial charge on any atom is -0.465 e. The first-order valence-electron chi connectivity index (χ1n) is 15.5. The Balaban J connectivity index is 0.000000250. The zero-order chi connectivity index (χ0) is 34.4. The van der Waals surface area contributed by atoms with Gasteiger partial charge in [-0.05, 0) is 62.0 Å². The van der Waals surface area contributed by atoms with Gasteiger partial charge in [0.2, 0.25) is 23.6 Å². The van der Waals surface area contributed by atoms with E-state index >= 15 is 0 Å². The van der Waals surface area contributed by atoms with Crippen LogP contribution >= 0.6 is 24.4 Å². The Bertz CT molecular complexity index is 1240. The molecule has 0 aromatic rings. The third kappa shape index (κ3) is 7.71. The number of carbonyl (C=O) groups is 6. The fraction of sp³-hybridized carbons (Fsp3) is 0.625. The van der Waals surface area contributed by atoms with E-state index in [-0.39, 0.29) is 60.0 Å². The van der Waals surface area contributed by atoms with E-state index < -0.39 is 46.4 Å². The molecule has 2 aliphatic carbocycles. The van der Waals surface area contributed by atoms with Crippen molar-refractivity contribution in [3.05, 3.63) is 24.3 Å². The lowest BCUT2D eigenvalue weighted by atomic mass is 9.69. The zero-order valence-corrected chi connectivity index (χ0v) is 28.9. The van der Waals surface area contributed by atoms with Crippen molar-refractivity contribution in [3.8, 4) is 0 Å². The van der Waals surface area contributed by atoms with Crippen molar-refractivity contribution in [1.82, 2.24) is 20.4 Å². The van der Waals surface area contributed by atoms with Gasteiger partial charge < -0.3 is 20.1 Å². The van der Waals surface area contributed by atoms with Gasteiger partial charge in [-0.15, -0.1) is 0 Å². The first-order valence-corrected chi connectivity index (χ1v) is 16.3. The third-order valence-electron chi connectivity index (χ3n) is 8.53. The van der Waals surface area contributed by atoms with E-state index in [4.69, 9.17) is 33.9 Å². The number of ether oxygens (including phenoxy) is 2. The summed E-state index contributed by atoms with van der Waals surface area (Å²) in [5, 5.41) is 5.23. The van der Waals surface area contributed by atoms with Crippen LogP contribution in [0.2, 0.25) is 0 Å². The van der Waals surface area contributed by atoms with E-state index in [1.807, 2.05) is 52.0 Å². The van der Waals surface area contributed by atoms with E-state index in [0.717, 1.165) is 12.8 Å². The van der Waals surface area contributed by atoms with Gasteiger partial charge in [-0.3, -0.25) is 38.6 Å². The van der Waals surface area contributed by atoms with Gasteiger partial charge in [0, 0.05) is 25.9 Å². The average molecular weight is 677 g/mol. The summed E-state index contributed by atoms with van der Waals surface area (Å²) < 4.78 is 10.4. The van der Waals surface area contributed by atoms with Crippen molar-refractivity contribution < 1.29 is 38.2 Å². The summed E-state index contributed by atoms with van der Waals surface area (Å²) in [5.74, 6) is -3.26. The molecule has 0 aromatic heterocycles. The minimum atomic E-state index is -1.47. The largest absolute Gasteiger partial charge is 0.465 e. The number of esters is 2. The second-order valence-corrected chi connectivity index (χ2v) is 13.7. The van der Waals surface area contributed by atoms with Gasteiger partial charge in [0.1, 0.15) is 10.8 Å². The third-order valence-corrected chi connectivity index (χ3v) is 9.28. The van der Waals surface area contributed by atoms with E-state index in [0.29, 0.717) is 12.8 Å². The molecule has 0 bridgehead atoms. The Kier molecular flexibility index (Phi) is 12.4. The normalized spacial score (nSPS) is 27.6. The van der Waals surface area contributed by atoms with Crippen molar-refractivity contribution in [2.24, 2.45) is 34.5 Å². The standard InChI is InChI=1S/2C16H22N2O4S/c2*1-10(2)9-22-12(19)8-16(11-6-4-5-7-11)13(20)17-15(23)18(3)14(16)21/h2*4,6,10-11H,5,7-9H2,1-3H3,(H,17,20,23). The highest BCUT2D eigenvalue weighted by Crippen LogP contribution is 2.44. The molecular formula is C32H44N4O8S2. The van der Waals surface area contributed by atoms with Crippen LogP contribution in [0.4, 0.5) is 0 Å². The molecule has 4 aliphatic rings. The molecule has 4 atom stereocenters. The molecule has 46 heavy (non-hydrogen) atoms. The number of hydrogen-bond donors (Lipinski definition) is 2. The molecule has 12 nitrogen and oxygen atoms in total. The van der Waals surface area contributed by atoms with Crippen molar-refractivity contribution in [2.45, 2.75) is 66.2 Å². The molecule has 14 heteroatoms. The number of nitrogens with zero attached hydrogens (tertiary/aromatic N) is 2. The molecule has 2 saturated heterocycles. The number of amides is 4. The van der Waals surface area contributed by atoms with Crippen LogP contribution < -0.4 is 10.6 Å². The lowest BCUT2D eigenvalue weighted by molar-refractivity contribution is -0.162. The Morgan fingerprint density at radius 1 is 0.761 bits per heavy atom. The molecule has 4 unspecified atom stereocenters. The lowest BCUT2D eigenvalue weighted by Crippen LogP contribution is -2.65. The fourth-order valence-electron chi connectivity index (χ4n) is 5.95. The number of allylic oxidation sites excluding steroid dienone is 4. The van der Waals surface area contributed by atoms with Gasteiger partial charge in [-0.25, -0.2) is 0 Å². The SMILES string of the molecule is CC(C)COC(=O)CC1(C2C=CCC2)C(=O)NC(=S)N(C)C1=O.CC(C)COC(=O)CC1(C2C=CCC2)C(=O)NC(=S)N(C)C1=O. The Morgan fingerprint density at radius 2 is 1.11 bits per heavy atom. The highest BCUT2D eigenvalue weighted by molar-refractivity contribution is 7.80. The molecular weight excluding hydrogens is 633 g/mol. The van der Waals surface area contributed by atoms with Crippen LogP contribution in [0, 0.1) is 34.5 Å². The summed E-state index contributed by atoms with van der Waals surface area (Å²) in [5.41, 5.74) is -2.95. The van der Waals surface area contributed by atoms with Crippen molar-refractivity contribution in [1.29, 1.82) is 0 Å². The number of carbonyl (C=O) groups excluding carboxylic acids is 6. The molecule has 2 aliphatic heterocycles. The van der Waals surface area contributed by atoms with E-state index in [1.54, 1.807) is 0 Å². The topological polar surface area (TPSA) is 151 Å². The van der Waals surface area contributed by atoms with Gasteiger partial charge in [0.05, 0.1) is 26.1 Å². The molecule has 2 N–H and O–H groups in total. The van der Waals surface area contributed by atoms with E-state index in [1.165, 1.54) is 23.9 Å². The minimum absolute atomic E-state index is 0.0631. The molecule has 2 fully saturated rings. The maximum absolute atomic E-state index is 12.9. The molecule has 0 aromatic carbocycles. The Morgan fingerprint density at radius 3 is 1.39 bits per heavy atom. The molecule has 252 valence electrons. The summed E-state index contributed by atoms with van der Waals surface area (Å²) in [4.78, 5) is 78.0. The van der Waals surface area contributed by atoms with Gasteiger partial charge in [-0.2, -0.15) is 0 Å². The van der Waals surface area contributed by atoms with Crippen LogP contribution in [0.15, 0.2) is 24.3 Å². The Hall–Kier alpha value is -3.52. The van der Waals surface area contributed by atoms with E-state index in [9.17, 15) is 28.8 Å². The lowest BCUT2D eigenvalue weighted by Gasteiger charge is -2.41. The second kappa shape index (κ2) is 15.4. The number of thiocarbonyl (C=S) groups is 2. The smallest absolute Gasteiger partial charge is 0.307 e. The molecule has 0 spiro atoms. The average Bonchev–Trinajstić information content (AvgIpc) is 3.73. The summed E-state index contributed by atoms with van der Waals surface area (Å²) in [6.45, 7) is 8.22. The molecule has 2 heterocycles. The number of nitrogens with one attached hydrogen (secondary N) is 2. The predicted molar refractivity (Wildman–Crippen MR) is 176 cm³/mol. The van der Waals surface area contributed by atoms with Crippen LogP contribution in [-0.2, 0) is 38.2 Å². The quantitative estimate of drug-likeness (QED) is 0.153. The van der Waals surface area contributed by atoms with Gasteiger partial charge >= 0.3 is 11.9 Å². The van der Waals surface area contributed by atoms with Gasteiger partial charge in [0.15, 0.2) is 10.2 Å². The van der Waals surface area contributed by atoms with Crippen molar-refractivity contribution >= 4 is 70.2 Å². The summed E-state index contributed by atoms with van der Waals surface area (Å²) >= 11 is 10.00. The van der Waals surface area contributed by atoms with E-state index in [2.05, 4.69) is 10.6 Å².